The van der Waals surface area contributed by atoms with Crippen LogP contribution in [0.5, 0.6) is 0 Å². The lowest BCUT2D eigenvalue weighted by Crippen LogP contribution is -2.41. The fraction of sp³-hybridized carbons (Fsp3) is 0.571. The molecule has 1 aromatic rings. The number of hydrogen-bond acceptors (Lipinski definition) is 4. The van der Waals surface area contributed by atoms with Gasteiger partial charge in [0.25, 0.3) is 5.56 Å². The van der Waals surface area contributed by atoms with E-state index < -0.39 is 15.8 Å². The number of alkyl halides is 2. The summed E-state index contributed by atoms with van der Waals surface area (Å²) in [5, 5.41) is 6.28. The van der Waals surface area contributed by atoms with Crippen LogP contribution in [0, 0.1) is 4.77 Å². The number of nitrogens with two attached hydrogens (primary N) is 1. The number of rotatable bonds is 2. The Kier molecular flexibility index (Phi) is 3.42. The number of aromatic amines is 1. The zero-order valence-electron chi connectivity index (χ0n) is 8.12. The minimum atomic E-state index is -0.805. The molecule has 1 rings (SSSR count). The van der Waals surface area contributed by atoms with E-state index in [1.54, 1.807) is 13.8 Å². The molecule has 84 valence electrons. The monoisotopic (exact) mass is 268 g/mol. The zero-order valence-corrected chi connectivity index (χ0v) is 10.4. The molecule has 15 heavy (non-hydrogen) atoms. The second-order valence-electron chi connectivity index (χ2n) is 3.57. The highest BCUT2D eigenvalue weighted by Gasteiger charge is 2.33. The Bertz CT molecular complexity index is 479. The van der Waals surface area contributed by atoms with E-state index in [1.807, 2.05) is 0 Å². The molecule has 0 radical (unpaired) electrons. The third kappa shape index (κ3) is 2.16. The van der Waals surface area contributed by atoms with Crippen molar-refractivity contribution in [2.24, 2.45) is 0 Å². The van der Waals surface area contributed by atoms with Crippen molar-refractivity contribution in [1.29, 1.82) is 0 Å². The van der Waals surface area contributed by atoms with Gasteiger partial charge >= 0.3 is 0 Å². The Morgan fingerprint density at radius 3 is 2.60 bits per heavy atom. The summed E-state index contributed by atoms with van der Waals surface area (Å²) in [6.45, 7) is 3.39. The molecule has 0 spiro atoms. The Balaban J connectivity index is 3.48. The lowest BCUT2D eigenvalue weighted by atomic mass is 9.92. The van der Waals surface area contributed by atoms with Gasteiger partial charge in [-0.05, 0) is 12.2 Å². The molecule has 1 aromatic heterocycles. The first-order valence-corrected chi connectivity index (χ1v) is 5.32. The normalized spacial score (nSPS) is 12.1. The Morgan fingerprint density at radius 1 is 1.60 bits per heavy atom. The minimum absolute atomic E-state index is 0.0419. The number of aromatic nitrogens is 3. The first-order valence-electron chi connectivity index (χ1n) is 4.04. The second kappa shape index (κ2) is 4.11. The molecule has 0 aliphatic carbocycles. The number of nitrogen functional groups attached to an aromatic ring is 1. The van der Waals surface area contributed by atoms with E-state index in [9.17, 15) is 4.79 Å². The van der Waals surface area contributed by atoms with Gasteiger partial charge in [-0.3, -0.25) is 9.89 Å². The summed E-state index contributed by atoms with van der Waals surface area (Å²) >= 11 is 16.3. The average molecular weight is 269 g/mol. The smallest absolute Gasteiger partial charge is 0.295 e. The van der Waals surface area contributed by atoms with Crippen molar-refractivity contribution in [3.05, 3.63) is 20.8 Å². The maximum atomic E-state index is 11.7. The molecule has 0 saturated heterocycles. The van der Waals surface area contributed by atoms with Gasteiger partial charge in [-0.2, -0.15) is 9.77 Å². The molecule has 1 heterocycles. The van der Waals surface area contributed by atoms with Gasteiger partial charge in [0.1, 0.15) is 10.5 Å². The predicted octanol–water partition coefficient (Wildman–Crippen LogP) is 1.10. The van der Waals surface area contributed by atoms with Crippen molar-refractivity contribution in [3.8, 4) is 0 Å². The van der Waals surface area contributed by atoms with Crippen LogP contribution < -0.4 is 11.4 Å². The fourth-order valence-electron chi connectivity index (χ4n) is 0.935. The summed E-state index contributed by atoms with van der Waals surface area (Å²) in [5.41, 5.74) is -1.16. The third-order valence-electron chi connectivity index (χ3n) is 2.06. The quantitative estimate of drug-likeness (QED) is 0.479. The highest BCUT2D eigenvalue weighted by Crippen LogP contribution is 2.29. The van der Waals surface area contributed by atoms with Gasteiger partial charge in [0.15, 0.2) is 0 Å². The Hall–Kier alpha value is -0.590. The fourth-order valence-corrected chi connectivity index (χ4v) is 1.27. The van der Waals surface area contributed by atoms with Crippen LogP contribution in [0.15, 0.2) is 4.79 Å². The summed E-state index contributed by atoms with van der Waals surface area (Å²) in [5.74, 6) is 5.42. The van der Waals surface area contributed by atoms with E-state index in [4.69, 9.17) is 41.3 Å². The second-order valence-corrected chi connectivity index (χ2v) is 5.06. The van der Waals surface area contributed by atoms with E-state index in [0.717, 1.165) is 4.68 Å². The third-order valence-corrected chi connectivity index (χ3v) is 3.44. The maximum absolute atomic E-state index is 11.7. The van der Waals surface area contributed by atoms with Crippen LogP contribution in [0.25, 0.3) is 0 Å². The summed E-state index contributed by atoms with van der Waals surface area (Å²) < 4.78 is 0.843. The first kappa shape index (κ1) is 12.5. The number of nitrogens with one attached hydrogen (secondary N) is 1. The Labute approximate surface area is 101 Å². The average Bonchev–Trinajstić information content (AvgIpc) is 2.13. The van der Waals surface area contributed by atoms with Crippen molar-refractivity contribution in [1.82, 2.24) is 14.9 Å². The zero-order chi connectivity index (χ0) is 11.8. The first-order chi connectivity index (χ1) is 6.78. The molecule has 3 N–H and O–H groups in total. The SMILES string of the molecule is CC(C)(c1n[nH]c(=S)n(N)c1=O)C(Cl)Cl. The molecule has 0 aliphatic rings. The predicted molar refractivity (Wildman–Crippen MR) is 62.4 cm³/mol. The number of H-pyrrole nitrogens is 1. The lowest BCUT2D eigenvalue weighted by molar-refractivity contribution is 0.518. The molecule has 5 nitrogen and oxygen atoms in total. The standard InChI is InChI=1S/C7H10Cl2N4OS/c1-7(2,5(8)9)3-4(14)13(10)6(15)12-11-3/h5H,10H2,1-2H3,(H,12,15). The van der Waals surface area contributed by atoms with Crippen LogP contribution in [0.1, 0.15) is 19.5 Å². The van der Waals surface area contributed by atoms with E-state index in [0.29, 0.717) is 0 Å². The summed E-state index contributed by atoms with van der Waals surface area (Å²) in [7, 11) is 0. The number of nitrogens with zero attached hydrogens (tertiary/aromatic N) is 2. The van der Waals surface area contributed by atoms with Crippen LogP contribution in [0.2, 0.25) is 0 Å². The van der Waals surface area contributed by atoms with E-state index in [1.165, 1.54) is 0 Å². The highest BCUT2D eigenvalue weighted by atomic mass is 35.5. The van der Waals surface area contributed by atoms with Crippen LogP contribution in [0.4, 0.5) is 0 Å². The van der Waals surface area contributed by atoms with E-state index in [-0.39, 0.29) is 10.5 Å². The van der Waals surface area contributed by atoms with Gasteiger partial charge in [0.05, 0.1) is 0 Å². The minimum Gasteiger partial charge on any atom is -0.334 e. The molecule has 0 amide bonds. The van der Waals surface area contributed by atoms with Crippen LogP contribution in [0.3, 0.4) is 0 Å². The van der Waals surface area contributed by atoms with Gasteiger partial charge < -0.3 is 5.84 Å². The topological polar surface area (TPSA) is 76.7 Å². The van der Waals surface area contributed by atoms with E-state index >= 15 is 0 Å². The van der Waals surface area contributed by atoms with Crippen molar-refractivity contribution in [3.63, 3.8) is 0 Å². The van der Waals surface area contributed by atoms with Gasteiger partial charge in [0, 0.05) is 5.41 Å². The molecule has 8 heteroatoms. The molecule has 0 saturated carbocycles. The summed E-state index contributed by atoms with van der Waals surface area (Å²) in [6.07, 6.45) is 0. The van der Waals surface area contributed by atoms with Crippen LogP contribution in [-0.4, -0.2) is 19.7 Å². The molecule has 0 atom stereocenters. The summed E-state index contributed by atoms with van der Waals surface area (Å²) in [6, 6.07) is 0. The van der Waals surface area contributed by atoms with Crippen LogP contribution in [-0.2, 0) is 5.41 Å². The molecular formula is C7H10Cl2N4OS. The van der Waals surface area contributed by atoms with Crippen molar-refractivity contribution in [2.45, 2.75) is 24.1 Å². The molecule has 0 aromatic carbocycles. The van der Waals surface area contributed by atoms with Crippen LogP contribution >= 0.6 is 35.4 Å². The largest absolute Gasteiger partial charge is 0.334 e. The molecular weight excluding hydrogens is 259 g/mol. The van der Waals surface area contributed by atoms with E-state index in [2.05, 4.69) is 10.2 Å². The summed E-state index contributed by atoms with van der Waals surface area (Å²) in [4.78, 5) is 10.9. The Morgan fingerprint density at radius 2 is 2.13 bits per heavy atom. The highest BCUT2D eigenvalue weighted by molar-refractivity contribution is 7.71. The lowest BCUT2D eigenvalue weighted by Gasteiger charge is -2.23. The van der Waals surface area contributed by atoms with Crippen molar-refractivity contribution in [2.75, 3.05) is 5.84 Å². The van der Waals surface area contributed by atoms with Gasteiger partial charge in [-0.15, -0.1) is 23.2 Å². The van der Waals surface area contributed by atoms with Gasteiger partial charge in [-0.25, -0.2) is 0 Å². The molecule has 0 fully saturated rings. The van der Waals surface area contributed by atoms with Crippen molar-refractivity contribution < 1.29 is 0 Å². The number of halogens is 2. The molecule has 0 bridgehead atoms. The number of hydrogen-bond donors (Lipinski definition) is 2. The molecule has 0 aliphatic heterocycles. The molecule has 0 unspecified atom stereocenters. The van der Waals surface area contributed by atoms with Gasteiger partial charge in [-0.1, -0.05) is 13.8 Å². The van der Waals surface area contributed by atoms with Crippen molar-refractivity contribution >= 4 is 35.4 Å². The maximum Gasteiger partial charge on any atom is 0.295 e. The van der Waals surface area contributed by atoms with Gasteiger partial charge in [0.2, 0.25) is 4.77 Å².